The molecule has 3 atom stereocenters. The summed E-state index contributed by atoms with van der Waals surface area (Å²) in [7, 11) is 0. The van der Waals surface area contributed by atoms with Crippen LogP contribution >= 0.6 is 0 Å². The summed E-state index contributed by atoms with van der Waals surface area (Å²) in [5, 5.41) is 0. The van der Waals surface area contributed by atoms with Gasteiger partial charge in [0.25, 0.3) is 0 Å². The fourth-order valence-corrected chi connectivity index (χ4v) is 2.07. The van der Waals surface area contributed by atoms with Crippen LogP contribution in [0.2, 0.25) is 0 Å². The van der Waals surface area contributed by atoms with Crippen LogP contribution in [0.3, 0.4) is 0 Å². The minimum absolute atomic E-state index is 0.174. The summed E-state index contributed by atoms with van der Waals surface area (Å²) in [6, 6.07) is 0. The maximum atomic E-state index is 10.5. The van der Waals surface area contributed by atoms with E-state index in [4.69, 9.17) is 4.74 Å². The minimum atomic E-state index is 0.174. The Labute approximate surface area is 92.7 Å². The summed E-state index contributed by atoms with van der Waals surface area (Å²) in [6.45, 7) is 5.71. The van der Waals surface area contributed by atoms with Gasteiger partial charge in [-0.05, 0) is 38.5 Å². The molecule has 0 aromatic carbocycles. The van der Waals surface area contributed by atoms with Crippen molar-refractivity contribution in [2.24, 2.45) is 5.92 Å². The topological polar surface area (TPSA) is 26.3 Å². The Morgan fingerprint density at radius 1 is 1.47 bits per heavy atom. The SMILES string of the molecule is C=CC[C@H]1CCC[C@@H](CC[C@@H](C)C=O)O1. The van der Waals surface area contributed by atoms with Gasteiger partial charge in [-0.15, -0.1) is 6.58 Å². The van der Waals surface area contributed by atoms with Gasteiger partial charge in [0.1, 0.15) is 6.29 Å². The Morgan fingerprint density at radius 3 is 2.87 bits per heavy atom. The van der Waals surface area contributed by atoms with Gasteiger partial charge >= 0.3 is 0 Å². The monoisotopic (exact) mass is 210 g/mol. The molecule has 0 N–H and O–H groups in total. The molecule has 1 fully saturated rings. The summed E-state index contributed by atoms with van der Waals surface area (Å²) in [6.07, 6.45) is 10.2. The van der Waals surface area contributed by atoms with Crippen LogP contribution in [0.5, 0.6) is 0 Å². The van der Waals surface area contributed by atoms with Crippen molar-refractivity contribution in [1.29, 1.82) is 0 Å². The Morgan fingerprint density at radius 2 is 2.20 bits per heavy atom. The molecule has 2 heteroatoms. The zero-order valence-electron chi connectivity index (χ0n) is 9.65. The van der Waals surface area contributed by atoms with Gasteiger partial charge in [-0.25, -0.2) is 0 Å². The second-order valence-electron chi connectivity index (χ2n) is 4.53. The van der Waals surface area contributed by atoms with Gasteiger partial charge in [0.2, 0.25) is 0 Å². The number of ether oxygens (including phenoxy) is 1. The molecule has 0 bridgehead atoms. The Hall–Kier alpha value is -0.630. The first-order chi connectivity index (χ1) is 7.26. The summed E-state index contributed by atoms with van der Waals surface area (Å²) >= 11 is 0. The van der Waals surface area contributed by atoms with E-state index in [0.717, 1.165) is 38.4 Å². The van der Waals surface area contributed by atoms with Crippen LogP contribution in [0.25, 0.3) is 0 Å². The van der Waals surface area contributed by atoms with Crippen LogP contribution in [-0.2, 0) is 9.53 Å². The fraction of sp³-hybridized carbons (Fsp3) is 0.769. The van der Waals surface area contributed by atoms with Crippen molar-refractivity contribution >= 4 is 6.29 Å². The van der Waals surface area contributed by atoms with Gasteiger partial charge in [0.15, 0.2) is 0 Å². The number of hydrogen-bond acceptors (Lipinski definition) is 2. The lowest BCUT2D eigenvalue weighted by Gasteiger charge is -2.29. The van der Waals surface area contributed by atoms with Crippen molar-refractivity contribution in [2.45, 2.75) is 57.7 Å². The predicted octanol–water partition coefficient (Wildman–Crippen LogP) is 3.12. The van der Waals surface area contributed by atoms with Crippen LogP contribution in [-0.4, -0.2) is 18.5 Å². The third-order valence-electron chi connectivity index (χ3n) is 3.04. The van der Waals surface area contributed by atoms with Gasteiger partial charge < -0.3 is 9.53 Å². The van der Waals surface area contributed by atoms with E-state index in [0.29, 0.717) is 12.2 Å². The van der Waals surface area contributed by atoms with E-state index in [2.05, 4.69) is 6.58 Å². The van der Waals surface area contributed by atoms with Gasteiger partial charge in [-0.3, -0.25) is 0 Å². The molecule has 0 amide bonds. The van der Waals surface area contributed by atoms with Crippen molar-refractivity contribution in [3.8, 4) is 0 Å². The van der Waals surface area contributed by atoms with Crippen LogP contribution in [0, 0.1) is 5.92 Å². The summed E-state index contributed by atoms with van der Waals surface area (Å²) < 4.78 is 5.93. The molecule has 1 aliphatic rings. The second kappa shape index (κ2) is 6.78. The third-order valence-corrected chi connectivity index (χ3v) is 3.04. The fourth-order valence-electron chi connectivity index (χ4n) is 2.07. The molecule has 0 spiro atoms. The smallest absolute Gasteiger partial charge is 0.122 e. The quantitative estimate of drug-likeness (QED) is 0.497. The molecule has 86 valence electrons. The lowest BCUT2D eigenvalue weighted by Crippen LogP contribution is -2.27. The van der Waals surface area contributed by atoms with E-state index < -0.39 is 0 Å². The highest BCUT2D eigenvalue weighted by Gasteiger charge is 2.21. The molecular formula is C13H22O2. The molecule has 0 aliphatic carbocycles. The van der Waals surface area contributed by atoms with Gasteiger partial charge in [-0.1, -0.05) is 13.0 Å². The maximum absolute atomic E-state index is 10.5. The van der Waals surface area contributed by atoms with Gasteiger partial charge in [-0.2, -0.15) is 0 Å². The summed E-state index contributed by atoms with van der Waals surface area (Å²) in [4.78, 5) is 10.5. The third kappa shape index (κ3) is 4.61. The zero-order chi connectivity index (χ0) is 11.1. The standard InChI is InChI=1S/C13H22O2/c1-3-5-12-6-4-7-13(15-12)9-8-11(2)10-14/h3,10-13H,1,4-9H2,2H3/t11-,12+,13+/m1/s1. The van der Waals surface area contributed by atoms with Crippen molar-refractivity contribution in [2.75, 3.05) is 0 Å². The molecule has 2 nitrogen and oxygen atoms in total. The number of carbonyl (C=O) groups is 1. The highest BCUT2D eigenvalue weighted by atomic mass is 16.5. The van der Waals surface area contributed by atoms with E-state index in [1.165, 1.54) is 6.42 Å². The number of hydrogen-bond donors (Lipinski definition) is 0. The van der Waals surface area contributed by atoms with Crippen molar-refractivity contribution in [3.05, 3.63) is 12.7 Å². The van der Waals surface area contributed by atoms with Crippen LogP contribution in [0.4, 0.5) is 0 Å². The largest absolute Gasteiger partial charge is 0.375 e. The highest BCUT2D eigenvalue weighted by Crippen LogP contribution is 2.25. The predicted molar refractivity (Wildman–Crippen MR) is 61.8 cm³/mol. The van der Waals surface area contributed by atoms with Crippen LogP contribution in [0.1, 0.15) is 45.4 Å². The summed E-state index contributed by atoms with van der Waals surface area (Å²) in [5.74, 6) is 0.174. The molecule has 1 aliphatic heterocycles. The molecule has 0 unspecified atom stereocenters. The Balaban J connectivity index is 2.23. The zero-order valence-corrected chi connectivity index (χ0v) is 9.65. The molecule has 1 heterocycles. The van der Waals surface area contributed by atoms with Crippen molar-refractivity contribution in [1.82, 2.24) is 0 Å². The average molecular weight is 210 g/mol. The minimum Gasteiger partial charge on any atom is -0.375 e. The normalized spacial score (nSPS) is 28.3. The molecule has 1 saturated heterocycles. The van der Waals surface area contributed by atoms with Gasteiger partial charge in [0, 0.05) is 5.92 Å². The Kier molecular flexibility index (Phi) is 5.62. The maximum Gasteiger partial charge on any atom is 0.122 e. The molecule has 0 radical (unpaired) electrons. The van der Waals surface area contributed by atoms with Gasteiger partial charge in [0.05, 0.1) is 12.2 Å². The molecule has 0 aromatic rings. The van der Waals surface area contributed by atoms with E-state index in [1.807, 2.05) is 13.0 Å². The molecule has 15 heavy (non-hydrogen) atoms. The Bertz CT molecular complexity index is 201. The second-order valence-corrected chi connectivity index (χ2v) is 4.53. The molecular weight excluding hydrogens is 188 g/mol. The average Bonchev–Trinajstić information content (AvgIpc) is 2.27. The van der Waals surface area contributed by atoms with Crippen LogP contribution < -0.4 is 0 Å². The first-order valence-electron chi connectivity index (χ1n) is 5.98. The van der Waals surface area contributed by atoms with E-state index >= 15 is 0 Å². The number of rotatable bonds is 6. The van der Waals surface area contributed by atoms with Crippen LogP contribution in [0.15, 0.2) is 12.7 Å². The first-order valence-corrected chi connectivity index (χ1v) is 5.98. The van der Waals surface area contributed by atoms with E-state index in [9.17, 15) is 4.79 Å². The van der Waals surface area contributed by atoms with E-state index in [1.54, 1.807) is 0 Å². The van der Waals surface area contributed by atoms with E-state index in [-0.39, 0.29) is 5.92 Å². The number of aldehydes is 1. The lowest BCUT2D eigenvalue weighted by atomic mass is 9.96. The van der Waals surface area contributed by atoms with Crippen molar-refractivity contribution < 1.29 is 9.53 Å². The highest BCUT2D eigenvalue weighted by molar-refractivity contribution is 5.52. The lowest BCUT2D eigenvalue weighted by molar-refractivity contribution is -0.111. The summed E-state index contributed by atoms with van der Waals surface area (Å²) in [5.41, 5.74) is 0. The molecule has 0 aromatic heterocycles. The first kappa shape index (κ1) is 12.4. The molecule has 1 rings (SSSR count). The number of carbonyl (C=O) groups excluding carboxylic acids is 1. The molecule has 0 saturated carbocycles. The van der Waals surface area contributed by atoms with Crippen molar-refractivity contribution in [3.63, 3.8) is 0 Å².